The molecule has 2 rings (SSSR count). The average molecular weight is 362 g/mol. The Morgan fingerprint density at radius 3 is 2.57 bits per heavy atom. The van der Waals surface area contributed by atoms with Gasteiger partial charge in [-0.15, -0.1) is 24.8 Å². The van der Waals surface area contributed by atoms with Crippen LogP contribution in [0.1, 0.15) is 25.3 Å². The summed E-state index contributed by atoms with van der Waals surface area (Å²) in [4.78, 5) is 16.6. The number of nitrogens with two attached hydrogens (primary N) is 1. The summed E-state index contributed by atoms with van der Waals surface area (Å²) in [5.41, 5.74) is 7.07. The number of carbonyl (C=O) groups excluding carboxylic acids is 1. The Kier molecular flexibility index (Phi) is 10.5. The van der Waals surface area contributed by atoms with Crippen LogP contribution < -0.4 is 5.73 Å². The fourth-order valence-corrected chi connectivity index (χ4v) is 3.08. The smallest absolute Gasteiger partial charge is 0.237 e. The first kappa shape index (κ1) is 22.2. The van der Waals surface area contributed by atoms with E-state index in [9.17, 15) is 4.79 Å². The number of halogens is 2. The van der Waals surface area contributed by atoms with Crippen LogP contribution >= 0.6 is 24.8 Å². The number of rotatable bonds is 5. The molecule has 0 spiro atoms. The largest absolute Gasteiger partial charge is 0.337 e. The van der Waals surface area contributed by atoms with E-state index in [1.807, 2.05) is 30.1 Å². The maximum Gasteiger partial charge on any atom is 0.237 e. The van der Waals surface area contributed by atoms with Crippen molar-refractivity contribution >= 4 is 30.7 Å². The predicted octanol–water partition coefficient (Wildman–Crippen LogP) is 2.55. The number of amides is 1. The highest BCUT2D eigenvalue weighted by Crippen LogP contribution is 2.22. The molecular weight excluding hydrogens is 333 g/mol. The van der Waals surface area contributed by atoms with Gasteiger partial charge in [0.15, 0.2) is 0 Å². The van der Waals surface area contributed by atoms with E-state index in [1.54, 1.807) is 0 Å². The second kappa shape index (κ2) is 10.9. The Morgan fingerprint density at radius 1 is 1.30 bits per heavy atom. The van der Waals surface area contributed by atoms with Gasteiger partial charge >= 0.3 is 0 Å². The van der Waals surface area contributed by atoms with Crippen LogP contribution in [0.4, 0.5) is 0 Å². The SMILES string of the molecule is CC1CCN(C(=O)CN(C)Cc2ccccc2)C(CN)C1.Cl.Cl. The molecule has 1 saturated heterocycles. The number of likely N-dealkylation sites (N-methyl/N-ethyl adjacent to an activating group) is 1. The summed E-state index contributed by atoms with van der Waals surface area (Å²) in [6.45, 7) is 4.91. The number of hydrogen-bond acceptors (Lipinski definition) is 3. The lowest BCUT2D eigenvalue weighted by Gasteiger charge is -2.38. The van der Waals surface area contributed by atoms with Gasteiger partial charge in [0.05, 0.1) is 6.54 Å². The molecule has 1 aromatic carbocycles. The van der Waals surface area contributed by atoms with Crippen molar-refractivity contribution in [1.29, 1.82) is 0 Å². The Labute approximate surface area is 152 Å². The molecule has 6 heteroatoms. The second-order valence-electron chi connectivity index (χ2n) is 6.26. The van der Waals surface area contributed by atoms with Crippen molar-refractivity contribution in [2.24, 2.45) is 11.7 Å². The molecule has 2 atom stereocenters. The van der Waals surface area contributed by atoms with E-state index in [0.717, 1.165) is 25.9 Å². The number of hydrogen-bond donors (Lipinski definition) is 1. The van der Waals surface area contributed by atoms with Crippen molar-refractivity contribution in [2.75, 3.05) is 26.7 Å². The minimum absolute atomic E-state index is 0. The van der Waals surface area contributed by atoms with Crippen molar-refractivity contribution in [3.8, 4) is 0 Å². The molecule has 23 heavy (non-hydrogen) atoms. The molecule has 0 saturated carbocycles. The summed E-state index contributed by atoms with van der Waals surface area (Å²) < 4.78 is 0. The molecule has 0 aliphatic carbocycles. The van der Waals surface area contributed by atoms with E-state index in [1.165, 1.54) is 5.56 Å². The first-order chi connectivity index (χ1) is 10.1. The Balaban J connectivity index is 0.00000242. The van der Waals surface area contributed by atoms with Gasteiger partial charge in [0.25, 0.3) is 0 Å². The highest BCUT2D eigenvalue weighted by molar-refractivity contribution is 5.85. The molecule has 1 fully saturated rings. The van der Waals surface area contributed by atoms with Crippen molar-refractivity contribution in [2.45, 2.75) is 32.4 Å². The van der Waals surface area contributed by atoms with E-state index >= 15 is 0 Å². The Morgan fingerprint density at radius 2 is 1.96 bits per heavy atom. The molecule has 4 nitrogen and oxygen atoms in total. The maximum absolute atomic E-state index is 12.5. The van der Waals surface area contributed by atoms with E-state index in [2.05, 4.69) is 24.0 Å². The Bertz CT molecular complexity index is 458. The van der Waals surface area contributed by atoms with Crippen molar-refractivity contribution in [3.63, 3.8) is 0 Å². The van der Waals surface area contributed by atoms with E-state index in [0.29, 0.717) is 19.0 Å². The van der Waals surface area contributed by atoms with Gasteiger partial charge in [-0.05, 0) is 31.4 Å². The summed E-state index contributed by atoms with van der Waals surface area (Å²) in [5.74, 6) is 0.875. The quantitative estimate of drug-likeness (QED) is 0.876. The maximum atomic E-state index is 12.5. The Hall–Kier alpha value is -0.810. The number of likely N-dealkylation sites (tertiary alicyclic amines) is 1. The lowest BCUT2D eigenvalue weighted by molar-refractivity contribution is -0.136. The van der Waals surface area contributed by atoms with Crippen molar-refractivity contribution < 1.29 is 4.79 Å². The third-order valence-electron chi connectivity index (χ3n) is 4.27. The van der Waals surface area contributed by atoms with Crippen LogP contribution in [0.2, 0.25) is 0 Å². The lowest BCUT2D eigenvalue weighted by atomic mass is 9.92. The predicted molar refractivity (Wildman–Crippen MR) is 100 cm³/mol. The fraction of sp³-hybridized carbons (Fsp3) is 0.588. The molecule has 1 amide bonds. The van der Waals surface area contributed by atoms with E-state index < -0.39 is 0 Å². The molecule has 1 aromatic rings. The topological polar surface area (TPSA) is 49.6 Å². The summed E-state index contributed by atoms with van der Waals surface area (Å²) >= 11 is 0. The van der Waals surface area contributed by atoms with Gasteiger partial charge in [-0.1, -0.05) is 37.3 Å². The standard InChI is InChI=1S/C17H27N3O.2ClH/c1-14-8-9-20(16(10-14)11-18)17(21)13-19(2)12-15-6-4-3-5-7-15;;/h3-7,14,16H,8-13,18H2,1-2H3;2*1H. The van der Waals surface area contributed by atoms with Crippen molar-refractivity contribution in [3.05, 3.63) is 35.9 Å². The van der Waals surface area contributed by atoms with Gasteiger partial charge < -0.3 is 10.6 Å². The molecule has 0 bridgehead atoms. The zero-order valence-electron chi connectivity index (χ0n) is 14.0. The molecule has 2 unspecified atom stereocenters. The summed E-state index contributed by atoms with van der Waals surface area (Å²) in [6, 6.07) is 10.5. The third-order valence-corrected chi connectivity index (χ3v) is 4.27. The summed E-state index contributed by atoms with van der Waals surface area (Å²) in [6.07, 6.45) is 2.12. The van der Waals surface area contributed by atoms with Crippen LogP contribution in [-0.4, -0.2) is 48.4 Å². The normalized spacial score (nSPS) is 20.6. The van der Waals surface area contributed by atoms with Gasteiger partial charge in [0.1, 0.15) is 0 Å². The highest BCUT2D eigenvalue weighted by atomic mass is 35.5. The van der Waals surface area contributed by atoms with Crippen LogP contribution in [0.15, 0.2) is 30.3 Å². The van der Waals surface area contributed by atoms with Crippen LogP contribution in [0.5, 0.6) is 0 Å². The van der Waals surface area contributed by atoms with E-state index in [-0.39, 0.29) is 36.8 Å². The van der Waals surface area contributed by atoms with Gasteiger partial charge in [-0.3, -0.25) is 9.69 Å². The monoisotopic (exact) mass is 361 g/mol. The molecule has 132 valence electrons. The van der Waals surface area contributed by atoms with Gasteiger partial charge in [0, 0.05) is 25.7 Å². The number of nitrogens with zero attached hydrogens (tertiary/aromatic N) is 2. The minimum Gasteiger partial charge on any atom is -0.337 e. The van der Waals surface area contributed by atoms with E-state index in [4.69, 9.17) is 5.73 Å². The van der Waals surface area contributed by atoms with Crippen LogP contribution in [0, 0.1) is 5.92 Å². The minimum atomic E-state index is 0. The average Bonchev–Trinajstić information content (AvgIpc) is 2.47. The molecular formula is C17H29Cl2N3O. The highest BCUT2D eigenvalue weighted by Gasteiger charge is 2.29. The zero-order chi connectivity index (χ0) is 15.2. The lowest BCUT2D eigenvalue weighted by Crippen LogP contribution is -2.51. The van der Waals surface area contributed by atoms with Gasteiger partial charge in [0.2, 0.25) is 5.91 Å². The van der Waals surface area contributed by atoms with Crippen molar-refractivity contribution in [1.82, 2.24) is 9.80 Å². The van der Waals surface area contributed by atoms with Crippen LogP contribution in [0.25, 0.3) is 0 Å². The number of carbonyl (C=O) groups is 1. The third kappa shape index (κ3) is 6.68. The molecule has 0 radical (unpaired) electrons. The number of benzene rings is 1. The zero-order valence-corrected chi connectivity index (χ0v) is 15.6. The molecule has 0 aromatic heterocycles. The van der Waals surface area contributed by atoms with Crippen LogP contribution in [0.3, 0.4) is 0 Å². The summed E-state index contributed by atoms with van der Waals surface area (Å²) in [7, 11) is 1.99. The first-order valence-electron chi connectivity index (χ1n) is 7.82. The summed E-state index contributed by atoms with van der Waals surface area (Å²) in [5, 5.41) is 0. The molecule has 2 N–H and O–H groups in total. The first-order valence-corrected chi connectivity index (χ1v) is 7.82. The fourth-order valence-electron chi connectivity index (χ4n) is 3.08. The second-order valence-corrected chi connectivity index (χ2v) is 6.26. The molecule has 1 heterocycles. The van der Waals surface area contributed by atoms with Gasteiger partial charge in [-0.25, -0.2) is 0 Å². The van der Waals surface area contributed by atoms with Gasteiger partial charge in [-0.2, -0.15) is 0 Å². The molecule has 1 aliphatic heterocycles. The van der Waals surface area contributed by atoms with Crippen LogP contribution in [-0.2, 0) is 11.3 Å². The molecule has 1 aliphatic rings. The number of piperidine rings is 1.